The van der Waals surface area contributed by atoms with Gasteiger partial charge in [0.15, 0.2) is 0 Å². The number of likely N-dealkylation sites (tertiary alicyclic amines) is 1. The quantitative estimate of drug-likeness (QED) is 0.784. The number of nitrogens with zero attached hydrogens (tertiary/aromatic N) is 1. The number of hydrogen-bond donors (Lipinski definition) is 0. The van der Waals surface area contributed by atoms with E-state index in [4.69, 9.17) is 4.74 Å². The minimum atomic E-state index is 0.419. The van der Waals surface area contributed by atoms with Gasteiger partial charge in [-0.05, 0) is 61.4 Å². The maximum Gasteiger partial charge on any atom is 0.119 e. The number of piperidine rings is 1. The van der Waals surface area contributed by atoms with E-state index in [0.29, 0.717) is 11.5 Å². The van der Waals surface area contributed by atoms with E-state index in [-0.39, 0.29) is 0 Å². The molecule has 2 aliphatic carbocycles. The second kappa shape index (κ2) is 5.42. The van der Waals surface area contributed by atoms with Crippen LogP contribution < -0.4 is 4.74 Å². The van der Waals surface area contributed by atoms with Gasteiger partial charge in [0.25, 0.3) is 0 Å². The van der Waals surface area contributed by atoms with Crippen LogP contribution in [0.4, 0.5) is 0 Å². The van der Waals surface area contributed by atoms with E-state index < -0.39 is 0 Å². The topological polar surface area (TPSA) is 12.5 Å². The minimum Gasteiger partial charge on any atom is -0.497 e. The van der Waals surface area contributed by atoms with Crippen LogP contribution in [-0.4, -0.2) is 31.1 Å². The van der Waals surface area contributed by atoms with Gasteiger partial charge in [-0.3, -0.25) is 4.90 Å². The predicted octanol–water partition coefficient (Wildman–Crippen LogP) is 3.94. The third-order valence-corrected chi connectivity index (χ3v) is 6.52. The fraction of sp³-hybridized carbons (Fsp3) is 0.600. The SMILES string of the molecule is C=CCN1CC[C@@]23CCCC[C@@H]2[C@@H]1Cc1ccc(OC)cc13. The van der Waals surface area contributed by atoms with E-state index in [0.717, 1.165) is 18.2 Å². The summed E-state index contributed by atoms with van der Waals surface area (Å²) in [5.41, 5.74) is 3.60. The number of fused-ring (bicyclic) bond motifs is 1. The minimum absolute atomic E-state index is 0.419. The Kier molecular flexibility index (Phi) is 3.53. The first-order valence-electron chi connectivity index (χ1n) is 8.81. The van der Waals surface area contributed by atoms with E-state index in [1.807, 2.05) is 0 Å². The lowest BCUT2D eigenvalue weighted by atomic mass is 9.52. The summed E-state index contributed by atoms with van der Waals surface area (Å²) in [4.78, 5) is 2.69. The lowest BCUT2D eigenvalue weighted by Crippen LogP contribution is -2.60. The average molecular weight is 297 g/mol. The van der Waals surface area contributed by atoms with Crippen molar-refractivity contribution in [1.29, 1.82) is 0 Å². The molecule has 0 spiro atoms. The molecule has 1 saturated heterocycles. The van der Waals surface area contributed by atoms with Crippen LogP contribution in [0, 0.1) is 5.92 Å². The Hall–Kier alpha value is -1.28. The maximum atomic E-state index is 5.53. The van der Waals surface area contributed by atoms with Gasteiger partial charge in [0.1, 0.15) is 5.75 Å². The number of benzene rings is 1. The van der Waals surface area contributed by atoms with Crippen LogP contribution in [0.1, 0.15) is 43.2 Å². The molecule has 0 amide bonds. The van der Waals surface area contributed by atoms with Crippen LogP contribution in [0.25, 0.3) is 0 Å². The molecule has 4 rings (SSSR count). The van der Waals surface area contributed by atoms with Crippen molar-refractivity contribution in [3.8, 4) is 5.75 Å². The summed E-state index contributed by atoms with van der Waals surface area (Å²) in [7, 11) is 1.79. The third kappa shape index (κ3) is 1.96. The lowest BCUT2D eigenvalue weighted by Gasteiger charge is -2.59. The van der Waals surface area contributed by atoms with Crippen LogP contribution in [0.5, 0.6) is 5.75 Å². The molecule has 1 heterocycles. The molecule has 1 aliphatic heterocycles. The highest BCUT2D eigenvalue weighted by Gasteiger charge is 2.53. The van der Waals surface area contributed by atoms with Crippen LogP contribution in [-0.2, 0) is 11.8 Å². The first-order chi connectivity index (χ1) is 10.8. The molecule has 1 saturated carbocycles. The van der Waals surface area contributed by atoms with Crippen molar-refractivity contribution in [2.45, 2.75) is 50.0 Å². The van der Waals surface area contributed by atoms with Gasteiger partial charge in [0.05, 0.1) is 7.11 Å². The normalized spacial score (nSPS) is 33.7. The zero-order valence-electron chi connectivity index (χ0n) is 13.7. The summed E-state index contributed by atoms with van der Waals surface area (Å²) in [6.07, 6.45) is 10.2. The van der Waals surface area contributed by atoms with Gasteiger partial charge in [-0.25, -0.2) is 0 Å². The first kappa shape index (κ1) is 14.3. The lowest BCUT2D eigenvalue weighted by molar-refractivity contribution is -0.00517. The monoisotopic (exact) mass is 297 g/mol. The van der Waals surface area contributed by atoms with Crippen LogP contribution >= 0.6 is 0 Å². The van der Waals surface area contributed by atoms with Crippen molar-refractivity contribution < 1.29 is 4.74 Å². The highest BCUT2D eigenvalue weighted by molar-refractivity contribution is 5.45. The van der Waals surface area contributed by atoms with Crippen molar-refractivity contribution in [1.82, 2.24) is 4.90 Å². The van der Waals surface area contributed by atoms with Crippen molar-refractivity contribution in [2.75, 3.05) is 20.2 Å². The molecule has 1 aromatic carbocycles. The molecular formula is C20H27NO. The second-order valence-electron chi connectivity index (χ2n) is 7.34. The fourth-order valence-electron chi connectivity index (χ4n) is 5.58. The molecule has 2 fully saturated rings. The Morgan fingerprint density at radius 1 is 1.36 bits per heavy atom. The second-order valence-corrected chi connectivity index (χ2v) is 7.34. The molecule has 2 bridgehead atoms. The van der Waals surface area contributed by atoms with Crippen LogP contribution in [0.3, 0.4) is 0 Å². The number of ether oxygens (including phenoxy) is 1. The number of hydrogen-bond acceptors (Lipinski definition) is 2. The van der Waals surface area contributed by atoms with Gasteiger partial charge in [0.2, 0.25) is 0 Å². The van der Waals surface area contributed by atoms with E-state index in [9.17, 15) is 0 Å². The first-order valence-corrected chi connectivity index (χ1v) is 8.81. The molecule has 0 aromatic heterocycles. The zero-order chi connectivity index (χ0) is 15.2. The summed E-state index contributed by atoms with van der Waals surface area (Å²) in [6.45, 7) is 6.24. The van der Waals surface area contributed by atoms with Crippen molar-refractivity contribution >= 4 is 0 Å². The maximum absolute atomic E-state index is 5.53. The summed E-state index contributed by atoms with van der Waals surface area (Å²) in [5.74, 6) is 1.86. The van der Waals surface area contributed by atoms with Crippen molar-refractivity contribution in [2.24, 2.45) is 5.92 Å². The van der Waals surface area contributed by atoms with Gasteiger partial charge in [0, 0.05) is 18.0 Å². The zero-order valence-corrected chi connectivity index (χ0v) is 13.7. The highest BCUT2D eigenvalue weighted by Crippen LogP contribution is 2.56. The highest BCUT2D eigenvalue weighted by atomic mass is 16.5. The van der Waals surface area contributed by atoms with Gasteiger partial charge in [-0.2, -0.15) is 0 Å². The molecule has 1 aromatic rings. The van der Waals surface area contributed by atoms with Crippen LogP contribution in [0.15, 0.2) is 30.9 Å². The molecule has 2 heteroatoms. The Labute approximate surface area is 134 Å². The van der Waals surface area contributed by atoms with Gasteiger partial charge < -0.3 is 4.74 Å². The van der Waals surface area contributed by atoms with Crippen molar-refractivity contribution in [3.05, 3.63) is 42.0 Å². The van der Waals surface area contributed by atoms with Crippen molar-refractivity contribution in [3.63, 3.8) is 0 Å². The summed E-state index contributed by atoms with van der Waals surface area (Å²) in [5, 5.41) is 0. The molecule has 0 N–H and O–H groups in total. The molecule has 22 heavy (non-hydrogen) atoms. The molecular weight excluding hydrogens is 270 g/mol. The van der Waals surface area contributed by atoms with Crippen LogP contribution in [0.2, 0.25) is 0 Å². The molecule has 0 radical (unpaired) electrons. The summed E-state index contributed by atoms with van der Waals surface area (Å²) >= 11 is 0. The Morgan fingerprint density at radius 3 is 3.09 bits per heavy atom. The Bertz CT molecular complexity index is 581. The Balaban J connectivity index is 1.82. The van der Waals surface area contributed by atoms with Gasteiger partial charge in [-0.15, -0.1) is 6.58 Å². The molecule has 3 aliphatic rings. The van der Waals surface area contributed by atoms with E-state index in [1.165, 1.54) is 45.1 Å². The van der Waals surface area contributed by atoms with E-state index >= 15 is 0 Å². The molecule has 3 atom stereocenters. The summed E-state index contributed by atoms with van der Waals surface area (Å²) in [6, 6.07) is 7.54. The predicted molar refractivity (Wildman–Crippen MR) is 90.5 cm³/mol. The smallest absolute Gasteiger partial charge is 0.119 e. The average Bonchev–Trinajstić information content (AvgIpc) is 2.57. The standard InChI is InChI=1S/C20H27NO/c1-3-11-21-12-10-20-9-5-4-6-17(20)19(21)13-15-7-8-16(22-2)14-18(15)20/h3,7-8,14,17,19H,1,4-6,9-13H2,2H3/t17-,19+,20+/m1/s1. The van der Waals surface area contributed by atoms with E-state index in [2.05, 4.69) is 35.8 Å². The number of methoxy groups -OCH3 is 1. The summed E-state index contributed by atoms with van der Waals surface area (Å²) < 4.78 is 5.53. The Morgan fingerprint density at radius 2 is 2.27 bits per heavy atom. The third-order valence-electron chi connectivity index (χ3n) is 6.52. The van der Waals surface area contributed by atoms with Gasteiger partial charge in [-0.1, -0.05) is 25.0 Å². The van der Waals surface area contributed by atoms with E-state index in [1.54, 1.807) is 18.2 Å². The number of rotatable bonds is 3. The molecule has 0 unspecified atom stereocenters. The fourth-order valence-corrected chi connectivity index (χ4v) is 5.58. The van der Waals surface area contributed by atoms with Gasteiger partial charge >= 0.3 is 0 Å². The molecule has 118 valence electrons. The molecule has 2 nitrogen and oxygen atoms in total. The largest absolute Gasteiger partial charge is 0.497 e.